The summed E-state index contributed by atoms with van der Waals surface area (Å²) in [4.78, 5) is 23.2. The Bertz CT molecular complexity index is 342. The highest BCUT2D eigenvalue weighted by Gasteiger charge is 2.38. The van der Waals surface area contributed by atoms with Crippen molar-refractivity contribution in [3.63, 3.8) is 0 Å². The lowest BCUT2D eigenvalue weighted by molar-refractivity contribution is -0.139. The fourth-order valence-electron chi connectivity index (χ4n) is 3.36. The smallest absolute Gasteiger partial charge is 0.305 e. The molecule has 0 aromatic heterocycles. The fourth-order valence-corrected chi connectivity index (χ4v) is 3.36. The topological polar surface area (TPSA) is 75.6 Å². The molecule has 1 atom stereocenters. The van der Waals surface area contributed by atoms with Gasteiger partial charge >= 0.3 is 5.97 Å². The van der Waals surface area contributed by atoms with Gasteiger partial charge in [0.1, 0.15) is 0 Å². The Morgan fingerprint density at radius 3 is 2.45 bits per heavy atom. The van der Waals surface area contributed by atoms with Crippen LogP contribution in [-0.2, 0) is 14.3 Å². The standard InChI is InChI=1S/C15H25NO4/c17-13(9-12-5-3-1-2-4-6-12)16-15(10-14(18)19)7-8-20-11-15/h12H,1-11H2,(H,16,17)(H,18,19). The Labute approximate surface area is 120 Å². The number of amides is 1. The highest BCUT2D eigenvalue weighted by atomic mass is 16.5. The van der Waals surface area contributed by atoms with E-state index in [0.29, 0.717) is 32.0 Å². The lowest BCUT2D eigenvalue weighted by atomic mass is 9.92. The molecule has 1 saturated heterocycles. The summed E-state index contributed by atoms with van der Waals surface area (Å²) in [5, 5.41) is 12.0. The SMILES string of the molecule is O=C(O)CC1(NC(=O)CC2CCCCCC2)CCOC1. The number of carboxylic acid groups (broad SMARTS) is 1. The van der Waals surface area contributed by atoms with Crippen molar-refractivity contribution in [2.24, 2.45) is 5.92 Å². The Balaban J connectivity index is 1.86. The van der Waals surface area contributed by atoms with Crippen LogP contribution in [0.5, 0.6) is 0 Å². The van der Waals surface area contributed by atoms with Gasteiger partial charge in [-0.1, -0.05) is 25.7 Å². The third kappa shape index (κ3) is 4.47. The van der Waals surface area contributed by atoms with Crippen LogP contribution in [-0.4, -0.2) is 35.7 Å². The van der Waals surface area contributed by atoms with E-state index in [4.69, 9.17) is 9.84 Å². The van der Waals surface area contributed by atoms with E-state index in [1.807, 2.05) is 0 Å². The van der Waals surface area contributed by atoms with Gasteiger partial charge in [0.2, 0.25) is 5.91 Å². The quantitative estimate of drug-likeness (QED) is 0.758. The van der Waals surface area contributed by atoms with Gasteiger partial charge in [-0.15, -0.1) is 0 Å². The molecule has 0 aromatic rings. The minimum Gasteiger partial charge on any atom is -0.481 e. The van der Waals surface area contributed by atoms with Crippen LogP contribution in [0.2, 0.25) is 0 Å². The third-order valence-electron chi connectivity index (χ3n) is 4.45. The first-order valence-corrected chi connectivity index (χ1v) is 7.70. The van der Waals surface area contributed by atoms with Crippen LogP contribution < -0.4 is 5.32 Å². The first kappa shape index (κ1) is 15.3. The third-order valence-corrected chi connectivity index (χ3v) is 4.45. The highest BCUT2D eigenvalue weighted by molar-refractivity contribution is 5.78. The molecule has 114 valence electrons. The van der Waals surface area contributed by atoms with Gasteiger partial charge < -0.3 is 15.2 Å². The van der Waals surface area contributed by atoms with Gasteiger partial charge in [-0.3, -0.25) is 9.59 Å². The van der Waals surface area contributed by atoms with Crippen molar-refractivity contribution in [2.45, 2.75) is 63.3 Å². The first-order chi connectivity index (χ1) is 9.60. The minimum absolute atomic E-state index is 0.0105. The summed E-state index contributed by atoms with van der Waals surface area (Å²) < 4.78 is 5.29. The van der Waals surface area contributed by atoms with Crippen molar-refractivity contribution in [1.29, 1.82) is 0 Å². The summed E-state index contributed by atoms with van der Waals surface area (Å²) in [5.74, 6) is -0.435. The summed E-state index contributed by atoms with van der Waals surface area (Å²) in [6.07, 6.45) is 8.28. The molecule has 5 heteroatoms. The van der Waals surface area contributed by atoms with Gasteiger partial charge in [0, 0.05) is 13.0 Å². The predicted octanol–water partition coefficient (Wildman–Crippen LogP) is 2.10. The van der Waals surface area contributed by atoms with Crippen LogP contribution in [0.4, 0.5) is 0 Å². The second-order valence-corrected chi connectivity index (χ2v) is 6.26. The van der Waals surface area contributed by atoms with Crippen LogP contribution in [0.25, 0.3) is 0 Å². The Morgan fingerprint density at radius 2 is 1.90 bits per heavy atom. The summed E-state index contributed by atoms with van der Waals surface area (Å²) in [5.41, 5.74) is -0.687. The highest BCUT2D eigenvalue weighted by Crippen LogP contribution is 2.27. The molecule has 2 aliphatic rings. The number of ether oxygens (including phenoxy) is 1. The zero-order valence-corrected chi connectivity index (χ0v) is 12.0. The van der Waals surface area contributed by atoms with E-state index in [0.717, 1.165) is 12.8 Å². The van der Waals surface area contributed by atoms with Crippen LogP contribution in [0.1, 0.15) is 57.8 Å². The van der Waals surface area contributed by atoms with Crippen molar-refractivity contribution in [3.05, 3.63) is 0 Å². The van der Waals surface area contributed by atoms with Gasteiger partial charge in [0.05, 0.1) is 18.6 Å². The molecule has 1 unspecified atom stereocenters. The number of carbonyl (C=O) groups excluding carboxylic acids is 1. The molecule has 1 aliphatic carbocycles. The molecular weight excluding hydrogens is 258 g/mol. The first-order valence-electron chi connectivity index (χ1n) is 7.70. The maximum Gasteiger partial charge on any atom is 0.305 e. The Kier molecular flexibility index (Phi) is 5.40. The molecular formula is C15H25NO4. The molecule has 2 fully saturated rings. The number of nitrogens with one attached hydrogen (secondary N) is 1. The van der Waals surface area contributed by atoms with Crippen molar-refractivity contribution in [3.8, 4) is 0 Å². The molecule has 20 heavy (non-hydrogen) atoms. The average Bonchev–Trinajstić information content (AvgIpc) is 2.65. The summed E-state index contributed by atoms with van der Waals surface area (Å²) >= 11 is 0. The molecule has 2 rings (SSSR count). The Hall–Kier alpha value is -1.10. The monoisotopic (exact) mass is 283 g/mol. The molecule has 1 aliphatic heterocycles. The largest absolute Gasteiger partial charge is 0.481 e. The van der Waals surface area contributed by atoms with Gasteiger partial charge in [0.25, 0.3) is 0 Å². The number of carbonyl (C=O) groups is 2. The van der Waals surface area contributed by atoms with Crippen molar-refractivity contribution < 1.29 is 19.4 Å². The normalized spacial score (nSPS) is 28.0. The molecule has 0 aromatic carbocycles. The molecule has 0 radical (unpaired) electrons. The zero-order chi connectivity index (χ0) is 14.4. The van der Waals surface area contributed by atoms with Gasteiger partial charge in [-0.25, -0.2) is 0 Å². The average molecular weight is 283 g/mol. The predicted molar refractivity (Wildman–Crippen MR) is 74.4 cm³/mol. The van der Waals surface area contributed by atoms with E-state index in [2.05, 4.69) is 5.32 Å². The molecule has 1 heterocycles. The van der Waals surface area contributed by atoms with E-state index in [-0.39, 0.29) is 12.3 Å². The van der Waals surface area contributed by atoms with Gasteiger partial charge in [0.15, 0.2) is 0 Å². The molecule has 5 nitrogen and oxygen atoms in total. The maximum absolute atomic E-state index is 12.2. The lowest BCUT2D eigenvalue weighted by Gasteiger charge is -2.28. The molecule has 1 saturated carbocycles. The number of rotatable bonds is 5. The number of hydrogen-bond acceptors (Lipinski definition) is 3. The molecule has 1 amide bonds. The van der Waals surface area contributed by atoms with Crippen LogP contribution in [0.3, 0.4) is 0 Å². The lowest BCUT2D eigenvalue weighted by Crippen LogP contribution is -2.50. The second-order valence-electron chi connectivity index (χ2n) is 6.26. The van der Waals surface area contributed by atoms with Crippen LogP contribution >= 0.6 is 0 Å². The van der Waals surface area contributed by atoms with Crippen molar-refractivity contribution in [2.75, 3.05) is 13.2 Å². The maximum atomic E-state index is 12.2. The van der Waals surface area contributed by atoms with Crippen molar-refractivity contribution in [1.82, 2.24) is 5.32 Å². The van der Waals surface area contributed by atoms with E-state index in [1.54, 1.807) is 0 Å². The van der Waals surface area contributed by atoms with E-state index in [1.165, 1.54) is 25.7 Å². The van der Waals surface area contributed by atoms with E-state index in [9.17, 15) is 9.59 Å². The second kappa shape index (κ2) is 7.07. The summed E-state index contributed by atoms with van der Waals surface area (Å²) in [6.45, 7) is 0.840. The van der Waals surface area contributed by atoms with Crippen molar-refractivity contribution >= 4 is 11.9 Å². The van der Waals surface area contributed by atoms with Crippen LogP contribution in [0, 0.1) is 5.92 Å². The number of hydrogen-bond donors (Lipinski definition) is 2. The fraction of sp³-hybridized carbons (Fsp3) is 0.867. The molecule has 0 spiro atoms. The number of carboxylic acids is 1. The summed E-state index contributed by atoms with van der Waals surface area (Å²) in [6, 6.07) is 0. The Morgan fingerprint density at radius 1 is 1.20 bits per heavy atom. The number of aliphatic carboxylic acids is 1. The van der Waals surface area contributed by atoms with Gasteiger partial charge in [-0.2, -0.15) is 0 Å². The van der Waals surface area contributed by atoms with E-state index >= 15 is 0 Å². The van der Waals surface area contributed by atoms with E-state index < -0.39 is 11.5 Å². The summed E-state index contributed by atoms with van der Waals surface area (Å²) in [7, 11) is 0. The minimum atomic E-state index is -0.884. The zero-order valence-electron chi connectivity index (χ0n) is 12.0. The molecule has 2 N–H and O–H groups in total. The van der Waals surface area contributed by atoms with Gasteiger partial charge in [-0.05, 0) is 25.2 Å². The molecule has 0 bridgehead atoms. The van der Waals surface area contributed by atoms with Crippen LogP contribution in [0.15, 0.2) is 0 Å².